The summed E-state index contributed by atoms with van der Waals surface area (Å²) in [5.41, 5.74) is 6.60. The second kappa shape index (κ2) is 6.59. The molecule has 0 fully saturated rings. The highest BCUT2D eigenvalue weighted by molar-refractivity contribution is 7.79. The van der Waals surface area contributed by atoms with E-state index in [1.165, 1.54) is 5.56 Å². The summed E-state index contributed by atoms with van der Waals surface area (Å²) < 4.78 is 22.4. The molecule has 0 bridgehead atoms. The monoisotopic (exact) mass is 337 g/mol. The lowest BCUT2D eigenvalue weighted by Gasteiger charge is -2.11. The third kappa shape index (κ3) is 3.11. The molecule has 0 aliphatic rings. The van der Waals surface area contributed by atoms with Gasteiger partial charge in [0.25, 0.3) is 0 Å². The van der Waals surface area contributed by atoms with Crippen molar-refractivity contribution in [1.29, 1.82) is 0 Å². The van der Waals surface area contributed by atoms with Crippen molar-refractivity contribution in [2.75, 3.05) is 0 Å². The van der Waals surface area contributed by atoms with E-state index < -0.39 is 11.1 Å². The average Bonchev–Trinajstić information content (AvgIpc) is 2.97. The van der Waals surface area contributed by atoms with Gasteiger partial charge >= 0.3 is 0 Å². The maximum absolute atomic E-state index is 11.1. The van der Waals surface area contributed by atoms with Gasteiger partial charge in [-0.2, -0.15) is 0 Å². The van der Waals surface area contributed by atoms with Crippen LogP contribution in [-0.4, -0.2) is 13.3 Å². The first-order valence-corrected chi connectivity index (χ1v) is 8.74. The SMILES string of the molecule is C=Cc1cc(-c2cc(C)cn2-c2ccc(S(=O)O)cc2)ccc1C. The molecule has 1 unspecified atom stereocenters. The smallest absolute Gasteiger partial charge is 0.186 e. The van der Waals surface area contributed by atoms with Crippen LogP contribution in [0.2, 0.25) is 0 Å². The molecule has 1 atom stereocenters. The Morgan fingerprint density at radius 3 is 2.42 bits per heavy atom. The molecule has 0 aliphatic heterocycles. The molecule has 1 heterocycles. The van der Waals surface area contributed by atoms with Gasteiger partial charge in [-0.3, -0.25) is 0 Å². The van der Waals surface area contributed by atoms with E-state index in [-0.39, 0.29) is 0 Å². The topological polar surface area (TPSA) is 42.2 Å². The van der Waals surface area contributed by atoms with E-state index in [2.05, 4.69) is 55.5 Å². The number of hydrogen-bond donors (Lipinski definition) is 1. The van der Waals surface area contributed by atoms with Gasteiger partial charge in [0.1, 0.15) is 0 Å². The highest BCUT2D eigenvalue weighted by atomic mass is 32.2. The van der Waals surface area contributed by atoms with Gasteiger partial charge in [0.2, 0.25) is 0 Å². The summed E-state index contributed by atoms with van der Waals surface area (Å²) in [4.78, 5) is 0.397. The Kier molecular flexibility index (Phi) is 4.51. The summed E-state index contributed by atoms with van der Waals surface area (Å²) in [5.74, 6) is 0. The number of nitrogens with zero attached hydrogens (tertiary/aromatic N) is 1. The summed E-state index contributed by atoms with van der Waals surface area (Å²) in [5, 5.41) is 0. The van der Waals surface area contributed by atoms with Crippen molar-refractivity contribution in [2.24, 2.45) is 0 Å². The van der Waals surface area contributed by atoms with E-state index in [1.54, 1.807) is 12.1 Å². The first-order chi connectivity index (χ1) is 11.5. The van der Waals surface area contributed by atoms with Crippen LogP contribution in [0.1, 0.15) is 16.7 Å². The Morgan fingerprint density at radius 2 is 1.79 bits per heavy atom. The lowest BCUT2D eigenvalue weighted by molar-refractivity contribution is 0.564. The minimum atomic E-state index is -1.96. The van der Waals surface area contributed by atoms with Crippen molar-refractivity contribution in [3.63, 3.8) is 0 Å². The molecule has 1 N–H and O–H groups in total. The zero-order valence-electron chi connectivity index (χ0n) is 13.7. The predicted molar refractivity (Wildman–Crippen MR) is 99.8 cm³/mol. The molecule has 3 rings (SSSR count). The van der Waals surface area contributed by atoms with Crippen molar-refractivity contribution in [3.8, 4) is 16.9 Å². The second-order valence-electron chi connectivity index (χ2n) is 5.79. The minimum Gasteiger partial charge on any atom is -0.316 e. The van der Waals surface area contributed by atoms with Gasteiger partial charge in [0, 0.05) is 11.9 Å². The Morgan fingerprint density at radius 1 is 1.08 bits per heavy atom. The maximum atomic E-state index is 11.1. The number of benzene rings is 2. The predicted octanol–water partition coefficient (Wildman–Crippen LogP) is 4.98. The van der Waals surface area contributed by atoms with Gasteiger partial charge in [0.15, 0.2) is 11.1 Å². The molecule has 3 aromatic rings. The van der Waals surface area contributed by atoms with Crippen LogP contribution in [0, 0.1) is 13.8 Å². The number of aryl methyl sites for hydroxylation is 2. The van der Waals surface area contributed by atoms with E-state index in [0.29, 0.717) is 4.90 Å². The Hall–Kier alpha value is -2.43. The zero-order valence-corrected chi connectivity index (χ0v) is 14.5. The third-order valence-electron chi connectivity index (χ3n) is 4.07. The van der Waals surface area contributed by atoms with Crippen molar-refractivity contribution < 1.29 is 8.76 Å². The molecule has 4 heteroatoms. The fourth-order valence-electron chi connectivity index (χ4n) is 2.77. The quantitative estimate of drug-likeness (QED) is 0.682. The van der Waals surface area contributed by atoms with Crippen LogP contribution < -0.4 is 0 Å². The molecule has 3 nitrogen and oxygen atoms in total. The summed E-state index contributed by atoms with van der Waals surface area (Å²) in [7, 11) is 0. The van der Waals surface area contributed by atoms with Crippen LogP contribution in [0.5, 0.6) is 0 Å². The molecule has 0 spiro atoms. The molecule has 2 aromatic carbocycles. The van der Waals surface area contributed by atoms with E-state index >= 15 is 0 Å². The molecule has 0 radical (unpaired) electrons. The fraction of sp³-hybridized carbons (Fsp3) is 0.100. The van der Waals surface area contributed by atoms with E-state index in [1.807, 2.05) is 18.2 Å². The Balaban J connectivity index is 2.11. The van der Waals surface area contributed by atoms with Crippen molar-refractivity contribution in [1.82, 2.24) is 4.57 Å². The molecule has 0 aliphatic carbocycles. The van der Waals surface area contributed by atoms with Gasteiger partial charge in [-0.25, -0.2) is 4.21 Å². The molecule has 0 amide bonds. The van der Waals surface area contributed by atoms with E-state index in [9.17, 15) is 4.21 Å². The highest BCUT2D eigenvalue weighted by Gasteiger charge is 2.10. The van der Waals surface area contributed by atoms with Gasteiger partial charge in [-0.05, 0) is 72.5 Å². The van der Waals surface area contributed by atoms with Crippen molar-refractivity contribution >= 4 is 17.2 Å². The summed E-state index contributed by atoms with van der Waals surface area (Å²) >= 11 is -1.96. The van der Waals surface area contributed by atoms with Crippen LogP contribution >= 0.6 is 0 Å². The Labute approximate surface area is 144 Å². The van der Waals surface area contributed by atoms with Gasteiger partial charge in [-0.1, -0.05) is 24.8 Å². The summed E-state index contributed by atoms with van der Waals surface area (Å²) in [6, 6.07) is 15.5. The summed E-state index contributed by atoms with van der Waals surface area (Å²) in [6.45, 7) is 8.00. The molecular formula is C20H19NO2S. The van der Waals surface area contributed by atoms with Crippen molar-refractivity contribution in [2.45, 2.75) is 18.7 Å². The zero-order chi connectivity index (χ0) is 17.3. The molecular weight excluding hydrogens is 318 g/mol. The standard InChI is InChI=1S/C20H19NO2S/c1-4-16-12-17(6-5-15(16)3)20-11-14(2)13-21(20)18-7-9-19(10-8-18)24(22)23/h4-13H,1H2,2-3H3,(H,22,23). The molecule has 122 valence electrons. The maximum Gasteiger partial charge on any atom is 0.186 e. The molecule has 0 saturated heterocycles. The first kappa shape index (κ1) is 16.4. The molecule has 1 aromatic heterocycles. The second-order valence-corrected chi connectivity index (χ2v) is 6.76. The van der Waals surface area contributed by atoms with Crippen LogP contribution in [0.4, 0.5) is 0 Å². The molecule has 0 saturated carbocycles. The average molecular weight is 337 g/mol. The first-order valence-electron chi connectivity index (χ1n) is 7.63. The number of rotatable bonds is 4. The van der Waals surface area contributed by atoms with Gasteiger partial charge in [-0.15, -0.1) is 0 Å². The van der Waals surface area contributed by atoms with Crippen LogP contribution in [0.15, 0.2) is 66.2 Å². The number of aromatic nitrogens is 1. The largest absolute Gasteiger partial charge is 0.316 e. The third-order valence-corrected chi connectivity index (χ3v) is 4.74. The van der Waals surface area contributed by atoms with E-state index in [4.69, 9.17) is 4.55 Å². The van der Waals surface area contributed by atoms with Crippen LogP contribution in [0.25, 0.3) is 23.0 Å². The van der Waals surface area contributed by atoms with Gasteiger partial charge < -0.3 is 9.12 Å². The molecule has 24 heavy (non-hydrogen) atoms. The number of hydrogen-bond acceptors (Lipinski definition) is 1. The van der Waals surface area contributed by atoms with E-state index in [0.717, 1.165) is 28.1 Å². The lowest BCUT2D eigenvalue weighted by atomic mass is 10.0. The Bertz CT molecular complexity index is 923. The minimum absolute atomic E-state index is 0.397. The highest BCUT2D eigenvalue weighted by Crippen LogP contribution is 2.28. The van der Waals surface area contributed by atoms with Crippen LogP contribution in [-0.2, 0) is 11.1 Å². The van der Waals surface area contributed by atoms with Crippen molar-refractivity contribution in [3.05, 3.63) is 78.0 Å². The summed E-state index contributed by atoms with van der Waals surface area (Å²) in [6.07, 6.45) is 3.93. The normalized spacial score (nSPS) is 12.1. The van der Waals surface area contributed by atoms with Gasteiger partial charge in [0.05, 0.1) is 10.6 Å². The fourth-order valence-corrected chi connectivity index (χ4v) is 3.14. The lowest BCUT2D eigenvalue weighted by Crippen LogP contribution is -1.97. The van der Waals surface area contributed by atoms with Crippen LogP contribution in [0.3, 0.4) is 0 Å².